The molecule has 1 aliphatic heterocycles. The molecule has 0 saturated heterocycles. The van der Waals surface area contributed by atoms with E-state index in [1.54, 1.807) is 24.3 Å². The van der Waals surface area contributed by atoms with Gasteiger partial charge in [-0.3, -0.25) is 9.69 Å². The van der Waals surface area contributed by atoms with E-state index in [-0.39, 0.29) is 24.1 Å². The fraction of sp³-hybridized carbons (Fsp3) is 0.100. The van der Waals surface area contributed by atoms with Gasteiger partial charge in [0.25, 0.3) is 5.91 Å². The molecule has 1 aliphatic rings. The number of carbonyl (C=O) groups is 1. The highest BCUT2D eigenvalue weighted by Gasteiger charge is 2.36. The molecule has 1 amide bonds. The van der Waals surface area contributed by atoms with Gasteiger partial charge in [-0.2, -0.15) is 0 Å². The summed E-state index contributed by atoms with van der Waals surface area (Å²) in [6, 6.07) is 18.7. The van der Waals surface area contributed by atoms with Gasteiger partial charge < -0.3 is 10.5 Å². The van der Waals surface area contributed by atoms with Gasteiger partial charge >= 0.3 is 0 Å². The van der Waals surface area contributed by atoms with Gasteiger partial charge in [0.05, 0.1) is 6.54 Å². The number of nitrogen functional groups attached to an aromatic ring is 1. The number of rotatable bonds is 3. The Hall–Kier alpha value is -3.41. The lowest BCUT2D eigenvalue weighted by molar-refractivity contribution is -0.126. The van der Waals surface area contributed by atoms with Gasteiger partial charge in [0, 0.05) is 5.56 Å². The third-order valence-electron chi connectivity index (χ3n) is 4.18. The average Bonchev–Trinajstić information content (AvgIpc) is 2.65. The molecule has 2 aromatic carbocycles. The van der Waals surface area contributed by atoms with Crippen molar-refractivity contribution in [3.05, 3.63) is 83.7 Å². The number of fused-ring (bicyclic) bond motifs is 1. The number of aromatic nitrogens is 1. The molecule has 130 valence electrons. The predicted octanol–water partition coefficient (Wildman–Crippen LogP) is 3.47. The van der Waals surface area contributed by atoms with Gasteiger partial charge in [0.1, 0.15) is 11.6 Å². The van der Waals surface area contributed by atoms with Crippen LogP contribution in [0, 0.1) is 5.82 Å². The fourth-order valence-corrected chi connectivity index (χ4v) is 2.97. The first-order valence-electron chi connectivity index (χ1n) is 8.16. The zero-order valence-corrected chi connectivity index (χ0v) is 13.8. The minimum atomic E-state index is -0.789. The Morgan fingerprint density at radius 3 is 2.65 bits per heavy atom. The van der Waals surface area contributed by atoms with Crippen LogP contribution in [0.5, 0.6) is 5.75 Å². The topological polar surface area (TPSA) is 68.5 Å². The van der Waals surface area contributed by atoms with Gasteiger partial charge in [0.15, 0.2) is 11.6 Å². The van der Waals surface area contributed by atoms with Crippen LogP contribution in [-0.2, 0) is 11.3 Å². The van der Waals surface area contributed by atoms with E-state index >= 15 is 0 Å². The van der Waals surface area contributed by atoms with Gasteiger partial charge in [0.2, 0.25) is 6.10 Å². The first-order valence-corrected chi connectivity index (χ1v) is 8.16. The van der Waals surface area contributed by atoms with Crippen molar-refractivity contribution < 1.29 is 13.9 Å². The highest BCUT2D eigenvalue weighted by atomic mass is 19.1. The molecule has 0 fully saturated rings. The van der Waals surface area contributed by atoms with Gasteiger partial charge in [-0.05, 0) is 29.8 Å². The number of nitrogens with zero attached hydrogens (tertiary/aromatic N) is 2. The molecule has 0 saturated carbocycles. The summed E-state index contributed by atoms with van der Waals surface area (Å²) in [7, 11) is 0. The highest BCUT2D eigenvalue weighted by molar-refractivity contribution is 5.99. The summed E-state index contributed by atoms with van der Waals surface area (Å²) in [4.78, 5) is 18.9. The number of nitrogens with two attached hydrogens (primary N) is 1. The van der Waals surface area contributed by atoms with Crippen molar-refractivity contribution in [2.75, 3.05) is 10.6 Å². The number of halogens is 1. The molecule has 5 nitrogen and oxygen atoms in total. The van der Waals surface area contributed by atoms with Crippen molar-refractivity contribution in [3.8, 4) is 5.75 Å². The maximum absolute atomic E-state index is 13.6. The number of hydrogen-bond donors (Lipinski definition) is 1. The molecule has 6 heteroatoms. The molecule has 0 bridgehead atoms. The zero-order valence-electron chi connectivity index (χ0n) is 13.8. The number of carbonyl (C=O) groups excluding carboxylic acids is 1. The molecule has 0 spiro atoms. The monoisotopic (exact) mass is 349 g/mol. The molecular weight excluding hydrogens is 333 g/mol. The molecule has 2 N–H and O–H groups in total. The Balaban J connectivity index is 1.77. The number of anilines is 2. The molecule has 2 heterocycles. The molecule has 0 aliphatic carbocycles. The van der Waals surface area contributed by atoms with Crippen LogP contribution < -0.4 is 15.4 Å². The van der Waals surface area contributed by atoms with Crippen molar-refractivity contribution in [3.63, 3.8) is 0 Å². The van der Waals surface area contributed by atoms with Crippen molar-refractivity contribution >= 4 is 17.5 Å². The lowest BCUT2D eigenvalue weighted by Crippen LogP contribution is -2.41. The van der Waals surface area contributed by atoms with Crippen LogP contribution in [0.15, 0.2) is 66.7 Å². The zero-order chi connectivity index (χ0) is 18.1. The van der Waals surface area contributed by atoms with E-state index in [1.807, 2.05) is 30.3 Å². The number of hydrogen-bond acceptors (Lipinski definition) is 4. The Morgan fingerprint density at radius 1 is 1.08 bits per heavy atom. The van der Waals surface area contributed by atoms with E-state index in [2.05, 4.69) is 4.98 Å². The summed E-state index contributed by atoms with van der Waals surface area (Å²) >= 11 is 0. The SMILES string of the molecule is Nc1ccc2c(n1)N(Cc1cccc(F)c1)C(=O)C(c1ccccc1)O2. The Bertz CT molecular complexity index is 962. The van der Waals surface area contributed by atoms with Crippen LogP contribution in [0.4, 0.5) is 16.0 Å². The van der Waals surface area contributed by atoms with Crippen molar-refractivity contribution in [1.82, 2.24) is 4.98 Å². The predicted molar refractivity (Wildman–Crippen MR) is 96.1 cm³/mol. The normalized spacial score (nSPS) is 16.1. The van der Waals surface area contributed by atoms with E-state index < -0.39 is 6.10 Å². The largest absolute Gasteiger partial charge is 0.472 e. The van der Waals surface area contributed by atoms with Crippen LogP contribution in [0.1, 0.15) is 17.2 Å². The molecule has 3 aromatic rings. The number of pyridine rings is 1. The number of benzene rings is 2. The Kier molecular flexibility index (Phi) is 4.01. The van der Waals surface area contributed by atoms with Crippen LogP contribution >= 0.6 is 0 Å². The van der Waals surface area contributed by atoms with Crippen molar-refractivity contribution in [1.29, 1.82) is 0 Å². The van der Waals surface area contributed by atoms with Crippen molar-refractivity contribution in [2.24, 2.45) is 0 Å². The molecule has 1 unspecified atom stereocenters. The fourth-order valence-electron chi connectivity index (χ4n) is 2.97. The van der Waals surface area contributed by atoms with Crippen LogP contribution in [-0.4, -0.2) is 10.9 Å². The molecule has 4 rings (SSSR count). The first-order chi connectivity index (χ1) is 12.6. The summed E-state index contributed by atoms with van der Waals surface area (Å²) in [6.45, 7) is 0.173. The minimum Gasteiger partial charge on any atom is -0.472 e. The lowest BCUT2D eigenvalue weighted by Gasteiger charge is -2.33. The molecule has 0 radical (unpaired) electrons. The first kappa shape index (κ1) is 16.1. The molecule has 1 aromatic heterocycles. The summed E-state index contributed by atoms with van der Waals surface area (Å²) in [5.74, 6) is 0.452. The summed E-state index contributed by atoms with van der Waals surface area (Å²) in [5.41, 5.74) is 7.18. The third-order valence-corrected chi connectivity index (χ3v) is 4.18. The molecule has 26 heavy (non-hydrogen) atoms. The summed E-state index contributed by atoms with van der Waals surface area (Å²) < 4.78 is 19.4. The Morgan fingerprint density at radius 2 is 1.88 bits per heavy atom. The van der Waals surface area contributed by atoms with Crippen LogP contribution in [0.25, 0.3) is 0 Å². The van der Waals surface area contributed by atoms with Crippen LogP contribution in [0.2, 0.25) is 0 Å². The standard InChI is InChI=1S/C20H16FN3O2/c21-15-8-4-5-13(11-15)12-24-19-16(9-10-17(22)23-19)26-18(20(24)25)14-6-2-1-3-7-14/h1-11,18H,12H2,(H2,22,23). The van der Waals surface area contributed by atoms with E-state index in [0.717, 1.165) is 5.56 Å². The van der Waals surface area contributed by atoms with Gasteiger partial charge in [-0.1, -0.05) is 42.5 Å². The Labute approximate surface area is 149 Å². The van der Waals surface area contributed by atoms with Crippen LogP contribution in [0.3, 0.4) is 0 Å². The average molecular weight is 349 g/mol. The minimum absolute atomic E-state index is 0.173. The van der Waals surface area contributed by atoms with E-state index in [4.69, 9.17) is 10.5 Å². The third kappa shape index (κ3) is 2.97. The summed E-state index contributed by atoms with van der Waals surface area (Å²) in [5, 5.41) is 0. The quantitative estimate of drug-likeness (QED) is 0.786. The second-order valence-corrected chi connectivity index (χ2v) is 6.02. The molecule has 1 atom stereocenters. The lowest BCUT2D eigenvalue weighted by atomic mass is 10.1. The second-order valence-electron chi connectivity index (χ2n) is 6.02. The summed E-state index contributed by atoms with van der Waals surface area (Å²) in [6.07, 6.45) is -0.789. The maximum Gasteiger partial charge on any atom is 0.274 e. The molecular formula is C20H16FN3O2. The second kappa shape index (κ2) is 6.48. The van der Waals surface area contributed by atoms with Crippen molar-refractivity contribution in [2.45, 2.75) is 12.6 Å². The van der Waals surface area contributed by atoms with Gasteiger partial charge in [-0.25, -0.2) is 9.37 Å². The van der Waals surface area contributed by atoms with E-state index in [0.29, 0.717) is 17.1 Å². The van der Waals surface area contributed by atoms with E-state index in [1.165, 1.54) is 17.0 Å². The van der Waals surface area contributed by atoms with Gasteiger partial charge in [-0.15, -0.1) is 0 Å². The number of amides is 1. The van der Waals surface area contributed by atoms with E-state index in [9.17, 15) is 9.18 Å². The maximum atomic E-state index is 13.6. The number of ether oxygens (including phenoxy) is 1. The smallest absolute Gasteiger partial charge is 0.274 e. The highest BCUT2D eigenvalue weighted by Crippen LogP contribution is 2.38.